The summed E-state index contributed by atoms with van der Waals surface area (Å²) in [5.41, 5.74) is 4.17. The van der Waals surface area contributed by atoms with Crippen molar-refractivity contribution in [3.63, 3.8) is 0 Å². The van der Waals surface area contributed by atoms with Gasteiger partial charge in [-0.1, -0.05) is 59.1 Å². The van der Waals surface area contributed by atoms with E-state index in [1.54, 1.807) is 0 Å². The molecule has 3 aromatic rings. The monoisotopic (exact) mass is 496 g/mol. The Bertz CT molecular complexity index is 1160. The van der Waals surface area contributed by atoms with E-state index in [9.17, 15) is 4.79 Å². The fraction of sp³-hybridized carbons (Fsp3) is 0.370. The van der Waals surface area contributed by atoms with Crippen molar-refractivity contribution in [2.24, 2.45) is 0 Å². The molecule has 0 bridgehead atoms. The zero-order valence-electron chi connectivity index (χ0n) is 19.2. The Morgan fingerprint density at radius 2 is 1.88 bits per heavy atom. The van der Waals surface area contributed by atoms with Gasteiger partial charge < -0.3 is 15.2 Å². The lowest BCUT2D eigenvalue weighted by Crippen LogP contribution is -2.46. The number of hydrogen-bond donors (Lipinski definition) is 2. The molecule has 1 atom stereocenters. The molecule has 1 aromatic heterocycles. The fourth-order valence-electron chi connectivity index (χ4n) is 4.96. The van der Waals surface area contributed by atoms with Gasteiger partial charge >= 0.3 is 0 Å². The number of para-hydroxylation sites is 1. The first-order chi connectivity index (χ1) is 16.6. The molecule has 1 saturated heterocycles. The standard InChI is InChI=1S/C27H30Cl2N4O/c28-22-5-3-7-25(26(22)29)33-16-14-32(15-17-33)13-12-19-8-10-21(11-9-19)30-27(34)24-18-20-4-1-2-6-23(20)31-24/h1-8,18,21,31H,9-17H2,(H,30,34). The number of nitrogens with one attached hydrogen (secondary N) is 2. The van der Waals surface area contributed by atoms with Crippen molar-refractivity contribution in [1.29, 1.82) is 0 Å². The minimum atomic E-state index is -0.0178. The van der Waals surface area contributed by atoms with Gasteiger partial charge in [-0.05, 0) is 49.9 Å². The van der Waals surface area contributed by atoms with E-state index in [0.717, 1.165) is 75.0 Å². The number of hydrogen-bond acceptors (Lipinski definition) is 3. The van der Waals surface area contributed by atoms with Crippen LogP contribution in [0.5, 0.6) is 0 Å². The zero-order valence-corrected chi connectivity index (χ0v) is 20.7. The van der Waals surface area contributed by atoms with Crippen molar-refractivity contribution in [1.82, 2.24) is 15.2 Å². The first kappa shape index (κ1) is 23.3. The lowest BCUT2D eigenvalue weighted by molar-refractivity contribution is 0.0930. The Balaban J connectivity index is 1.06. The number of halogens is 2. The normalized spacial score (nSPS) is 19.3. The molecule has 1 fully saturated rings. The van der Waals surface area contributed by atoms with E-state index in [2.05, 4.69) is 26.2 Å². The van der Waals surface area contributed by atoms with Crippen molar-refractivity contribution in [2.75, 3.05) is 37.6 Å². The van der Waals surface area contributed by atoms with Gasteiger partial charge in [-0.3, -0.25) is 9.69 Å². The average Bonchev–Trinajstić information content (AvgIpc) is 3.30. The second kappa shape index (κ2) is 10.4. The molecule has 0 saturated carbocycles. The van der Waals surface area contributed by atoms with Crippen LogP contribution in [-0.4, -0.2) is 54.6 Å². The number of fused-ring (bicyclic) bond motifs is 1. The Hall–Kier alpha value is -2.47. The van der Waals surface area contributed by atoms with Gasteiger partial charge in [0.2, 0.25) is 0 Å². The van der Waals surface area contributed by atoms with E-state index in [4.69, 9.17) is 23.2 Å². The van der Waals surface area contributed by atoms with E-state index in [0.29, 0.717) is 15.7 Å². The van der Waals surface area contributed by atoms with Crippen LogP contribution in [0.15, 0.2) is 60.2 Å². The maximum Gasteiger partial charge on any atom is 0.267 e. The molecule has 1 amide bonds. The van der Waals surface area contributed by atoms with Crippen LogP contribution in [0.25, 0.3) is 10.9 Å². The van der Waals surface area contributed by atoms with Crippen LogP contribution in [0.3, 0.4) is 0 Å². The maximum atomic E-state index is 12.7. The molecule has 7 heteroatoms. The predicted octanol–water partition coefficient (Wildman–Crippen LogP) is 5.90. The molecule has 34 heavy (non-hydrogen) atoms. The van der Waals surface area contributed by atoms with Crippen LogP contribution in [0, 0.1) is 0 Å². The summed E-state index contributed by atoms with van der Waals surface area (Å²) in [6.07, 6.45) is 6.39. The number of anilines is 1. The van der Waals surface area contributed by atoms with Gasteiger partial charge in [0.15, 0.2) is 0 Å². The van der Waals surface area contributed by atoms with Crippen LogP contribution >= 0.6 is 23.2 Å². The number of aromatic nitrogens is 1. The minimum Gasteiger partial charge on any atom is -0.368 e. The van der Waals surface area contributed by atoms with E-state index in [1.807, 2.05) is 48.5 Å². The number of amides is 1. The van der Waals surface area contributed by atoms with E-state index in [1.165, 1.54) is 5.57 Å². The summed E-state index contributed by atoms with van der Waals surface area (Å²) in [5.74, 6) is -0.0178. The quantitative estimate of drug-likeness (QED) is 0.418. The molecule has 2 heterocycles. The van der Waals surface area contributed by atoms with Gasteiger partial charge in [0, 0.05) is 49.7 Å². The molecule has 1 aliphatic carbocycles. The summed E-state index contributed by atoms with van der Waals surface area (Å²) in [5, 5.41) is 5.53. The summed E-state index contributed by atoms with van der Waals surface area (Å²) in [7, 11) is 0. The van der Waals surface area contributed by atoms with Gasteiger partial charge in [0.05, 0.1) is 15.7 Å². The molecule has 1 unspecified atom stereocenters. The van der Waals surface area contributed by atoms with E-state index < -0.39 is 0 Å². The number of nitrogens with zero attached hydrogens (tertiary/aromatic N) is 2. The highest BCUT2D eigenvalue weighted by Crippen LogP contribution is 2.33. The Morgan fingerprint density at radius 1 is 1.06 bits per heavy atom. The summed E-state index contributed by atoms with van der Waals surface area (Å²) in [4.78, 5) is 20.7. The summed E-state index contributed by atoms with van der Waals surface area (Å²) in [6.45, 7) is 5.05. The zero-order chi connectivity index (χ0) is 23.5. The van der Waals surface area contributed by atoms with Gasteiger partial charge in [0.1, 0.15) is 5.69 Å². The predicted molar refractivity (Wildman–Crippen MR) is 141 cm³/mol. The SMILES string of the molecule is O=C(NC1CC=C(CCN2CCN(c3cccc(Cl)c3Cl)CC2)CC1)c1cc2ccccc2[nH]1. The topological polar surface area (TPSA) is 51.4 Å². The van der Waals surface area contributed by atoms with Gasteiger partial charge in [0.25, 0.3) is 5.91 Å². The number of benzene rings is 2. The van der Waals surface area contributed by atoms with Crippen LogP contribution in [-0.2, 0) is 0 Å². The fourth-order valence-corrected chi connectivity index (χ4v) is 5.37. The molecule has 0 radical (unpaired) electrons. The Labute approximate surface area is 210 Å². The second-order valence-corrected chi connectivity index (χ2v) is 10.0. The second-order valence-electron chi connectivity index (χ2n) is 9.23. The smallest absolute Gasteiger partial charge is 0.267 e. The van der Waals surface area contributed by atoms with Crippen LogP contribution in [0.4, 0.5) is 5.69 Å². The van der Waals surface area contributed by atoms with Crippen molar-refractivity contribution in [2.45, 2.75) is 31.7 Å². The van der Waals surface area contributed by atoms with Gasteiger partial charge in [-0.2, -0.15) is 0 Å². The van der Waals surface area contributed by atoms with Crippen molar-refractivity contribution >= 4 is 45.7 Å². The number of piperazine rings is 1. The number of carbonyl (C=O) groups excluding carboxylic acids is 1. The highest BCUT2D eigenvalue weighted by molar-refractivity contribution is 6.43. The largest absolute Gasteiger partial charge is 0.368 e. The van der Waals surface area contributed by atoms with Crippen LogP contribution < -0.4 is 10.2 Å². The van der Waals surface area contributed by atoms with Gasteiger partial charge in [-0.25, -0.2) is 0 Å². The molecule has 1 aliphatic heterocycles. The summed E-state index contributed by atoms with van der Waals surface area (Å²) >= 11 is 12.6. The van der Waals surface area contributed by atoms with Crippen molar-refractivity contribution < 1.29 is 4.79 Å². The summed E-state index contributed by atoms with van der Waals surface area (Å²) < 4.78 is 0. The molecule has 5 rings (SSSR count). The lowest BCUT2D eigenvalue weighted by atomic mass is 9.93. The molecule has 0 spiro atoms. The Morgan fingerprint density at radius 3 is 2.65 bits per heavy atom. The molecular weight excluding hydrogens is 467 g/mol. The number of carbonyl (C=O) groups is 1. The van der Waals surface area contributed by atoms with Crippen molar-refractivity contribution in [3.8, 4) is 0 Å². The third-order valence-electron chi connectivity index (χ3n) is 7.01. The van der Waals surface area contributed by atoms with Crippen LogP contribution in [0.2, 0.25) is 10.0 Å². The third-order valence-corrected chi connectivity index (χ3v) is 7.82. The number of H-pyrrole nitrogens is 1. The average molecular weight is 497 g/mol. The van der Waals surface area contributed by atoms with E-state index >= 15 is 0 Å². The molecule has 2 N–H and O–H groups in total. The molecular formula is C27H30Cl2N4O. The number of rotatable bonds is 6. The maximum absolute atomic E-state index is 12.7. The van der Waals surface area contributed by atoms with Crippen LogP contribution in [0.1, 0.15) is 36.2 Å². The first-order valence-corrected chi connectivity index (χ1v) is 12.8. The first-order valence-electron chi connectivity index (χ1n) is 12.0. The molecule has 2 aromatic carbocycles. The van der Waals surface area contributed by atoms with E-state index in [-0.39, 0.29) is 11.9 Å². The summed E-state index contributed by atoms with van der Waals surface area (Å²) in [6, 6.07) is 15.9. The number of aromatic amines is 1. The minimum absolute atomic E-state index is 0.0178. The van der Waals surface area contributed by atoms with Crippen molar-refractivity contribution in [3.05, 3.63) is 75.9 Å². The molecule has 178 valence electrons. The molecule has 5 nitrogen and oxygen atoms in total. The lowest BCUT2D eigenvalue weighted by Gasteiger charge is -2.37. The highest BCUT2D eigenvalue weighted by atomic mass is 35.5. The van der Waals surface area contributed by atoms with Gasteiger partial charge in [-0.15, -0.1) is 0 Å². The highest BCUT2D eigenvalue weighted by Gasteiger charge is 2.22. The Kier molecular flexibility index (Phi) is 7.14. The third kappa shape index (κ3) is 5.27. The molecule has 2 aliphatic rings.